The second-order valence-corrected chi connectivity index (χ2v) is 14.9. The molecule has 1 aromatic heterocycles. The number of allylic oxidation sites excluding steroid dienone is 1. The Morgan fingerprint density at radius 3 is 2.50 bits per heavy atom. The number of ether oxygens (including phenoxy) is 3. The SMILES string of the molecule is C=CCOC(CI)OC[C@@]1(COCc2ccccc2)c2c([nH]c3ccccc23)[C@@H]2C[C@H]1/C(=C\C)CN2S(=O)(=O)c1ccc(C)cc1. The molecule has 2 bridgehead atoms. The lowest BCUT2D eigenvalue weighted by Crippen LogP contribution is -2.56. The third-order valence-corrected chi connectivity index (χ3v) is 11.9. The van der Waals surface area contributed by atoms with E-state index in [1.807, 2.05) is 56.3 Å². The standard InChI is InChI=1S/C37H41IN2O5S/c1-4-19-44-34(21-38)45-25-37(24-43-23-27-11-7-6-8-12-27)31-20-33(36-35(37)30-13-9-10-14-32(30)39-36)40(22-28(31)5-2)46(41,42)29-17-15-26(3)16-18-29/h4-18,31,33-34,39H,1,19-25H2,2-3H3/b28-5-/t31-,33-,34?,37+/m0/s1. The number of alkyl halides is 1. The van der Waals surface area contributed by atoms with Gasteiger partial charge < -0.3 is 19.2 Å². The van der Waals surface area contributed by atoms with Crippen molar-refractivity contribution in [1.82, 2.24) is 9.29 Å². The summed E-state index contributed by atoms with van der Waals surface area (Å²) in [6.07, 6.45) is 4.00. The number of nitrogens with one attached hydrogen (secondary N) is 1. The smallest absolute Gasteiger partial charge is 0.243 e. The van der Waals surface area contributed by atoms with Gasteiger partial charge in [0.05, 0.1) is 47.2 Å². The number of para-hydroxylation sites is 1. The fraction of sp³-hybridized carbons (Fsp3) is 0.351. The number of fused-ring (bicyclic) bond motifs is 6. The summed E-state index contributed by atoms with van der Waals surface area (Å²) in [5.41, 5.74) is 5.51. The predicted octanol–water partition coefficient (Wildman–Crippen LogP) is 7.62. The first-order valence-corrected chi connectivity index (χ1v) is 18.7. The lowest BCUT2D eigenvalue weighted by atomic mass is 9.59. The predicted molar refractivity (Wildman–Crippen MR) is 191 cm³/mol. The number of halogens is 1. The lowest BCUT2D eigenvalue weighted by Gasteiger charge is -2.53. The van der Waals surface area contributed by atoms with Gasteiger partial charge >= 0.3 is 0 Å². The van der Waals surface area contributed by atoms with Crippen LogP contribution in [0.15, 0.2) is 108 Å². The van der Waals surface area contributed by atoms with Crippen molar-refractivity contribution in [1.29, 1.82) is 0 Å². The molecule has 1 saturated heterocycles. The molecule has 1 fully saturated rings. The number of aryl methyl sites for hydroxylation is 1. The third kappa shape index (κ3) is 6.25. The maximum absolute atomic E-state index is 14.3. The molecule has 1 aliphatic heterocycles. The highest BCUT2D eigenvalue weighted by Crippen LogP contribution is 2.57. The first kappa shape index (κ1) is 33.1. The molecule has 242 valence electrons. The van der Waals surface area contributed by atoms with Gasteiger partial charge in [-0.1, -0.05) is 107 Å². The van der Waals surface area contributed by atoms with Crippen LogP contribution in [0.4, 0.5) is 0 Å². The van der Waals surface area contributed by atoms with E-state index in [-0.39, 0.29) is 12.0 Å². The number of H-pyrrole nitrogens is 1. The summed E-state index contributed by atoms with van der Waals surface area (Å²) in [7, 11) is -3.80. The molecule has 1 unspecified atom stereocenters. The van der Waals surface area contributed by atoms with Crippen LogP contribution in [-0.2, 0) is 36.3 Å². The number of benzene rings is 3. The minimum Gasteiger partial charge on any atom is -0.376 e. The van der Waals surface area contributed by atoms with Crippen LogP contribution < -0.4 is 0 Å². The molecule has 3 aromatic carbocycles. The second-order valence-electron chi connectivity index (χ2n) is 12.1. The Morgan fingerprint density at radius 2 is 1.78 bits per heavy atom. The minimum absolute atomic E-state index is 0.0243. The molecule has 2 aliphatic rings. The van der Waals surface area contributed by atoms with Crippen molar-refractivity contribution in [3.63, 3.8) is 0 Å². The highest BCUT2D eigenvalue weighted by molar-refractivity contribution is 14.1. The summed E-state index contributed by atoms with van der Waals surface area (Å²) >= 11 is 2.29. The minimum atomic E-state index is -3.80. The zero-order chi connectivity index (χ0) is 32.3. The van der Waals surface area contributed by atoms with E-state index >= 15 is 0 Å². The van der Waals surface area contributed by atoms with Gasteiger partial charge in [0.2, 0.25) is 10.0 Å². The van der Waals surface area contributed by atoms with Gasteiger partial charge in [-0.2, -0.15) is 4.31 Å². The number of aromatic nitrogens is 1. The second kappa shape index (κ2) is 14.1. The summed E-state index contributed by atoms with van der Waals surface area (Å²) in [6.45, 7) is 9.66. The molecule has 0 radical (unpaired) electrons. The third-order valence-electron chi connectivity index (χ3n) is 9.35. The van der Waals surface area contributed by atoms with Crippen molar-refractivity contribution < 1.29 is 22.6 Å². The van der Waals surface area contributed by atoms with Crippen LogP contribution in [-0.4, -0.2) is 54.8 Å². The van der Waals surface area contributed by atoms with Crippen LogP contribution >= 0.6 is 22.6 Å². The van der Waals surface area contributed by atoms with Gasteiger partial charge in [-0.15, -0.1) is 6.58 Å². The highest BCUT2D eigenvalue weighted by atomic mass is 127. The quantitative estimate of drug-likeness (QED) is 0.0658. The summed E-state index contributed by atoms with van der Waals surface area (Å²) < 4.78 is 50.3. The van der Waals surface area contributed by atoms with Gasteiger partial charge in [0.25, 0.3) is 0 Å². The Labute approximate surface area is 285 Å². The monoisotopic (exact) mass is 752 g/mol. The fourth-order valence-electron chi connectivity index (χ4n) is 7.12. The summed E-state index contributed by atoms with van der Waals surface area (Å²) in [4.78, 5) is 3.99. The summed E-state index contributed by atoms with van der Waals surface area (Å²) in [5, 5.41) is 1.06. The van der Waals surface area contributed by atoms with Crippen LogP contribution in [0.2, 0.25) is 0 Å². The van der Waals surface area contributed by atoms with E-state index in [0.29, 0.717) is 48.7 Å². The molecular weight excluding hydrogens is 711 g/mol. The molecule has 46 heavy (non-hydrogen) atoms. The van der Waals surface area contributed by atoms with Crippen LogP contribution in [0.25, 0.3) is 10.9 Å². The largest absolute Gasteiger partial charge is 0.376 e. The van der Waals surface area contributed by atoms with Crippen molar-refractivity contribution in [3.05, 3.63) is 126 Å². The highest BCUT2D eigenvalue weighted by Gasteiger charge is 2.56. The van der Waals surface area contributed by atoms with Crippen molar-refractivity contribution in [3.8, 4) is 0 Å². The Balaban J connectivity index is 1.49. The van der Waals surface area contributed by atoms with E-state index < -0.39 is 21.7 Å². The molecule has 1 N–H and O–H groups in total. The number of aromatic amines is 1. The molecule has 7 nitrogen and oxygen atoms in total. The topological polar surface area (TPSA) is 80.9 Å². The Kier molecular flexibility index (Phi) is 10.2. The number of piperidine rings is 1. The van der Waals surface area contributed by atoms with Gasteiger partial charge in [0, 0.05) is 23.1 Å². The number of hydrogen-bond acceptors (Lipinski definition) is 5. The van der Waals surface area contributed by atoms with Gasteiger partial charge in [-0.3, -0.25) is 0 Å². The van der Waals surface area contributed by atoms with Crippen molar-refractivity contribution >= 4 is 43.5 Å². The van der Waals surface area contributed by atoms with E-state index in [4.69, 9.17) is 14.2 Å². The molecule has 1 aliphatic carbocycles. The van der Waals surface area contributed by atoms with Crippen LogP contribution in [0.1, 0.15) is 41.8 Å². The zero-order valence-electron chi connectivity index (χ0n) is 26.3. The number of rotatable bonds is 13. The number of sulfonamides is 1. The van der Waals surface area contributed by atoms with Crippen LogP contribution in [0, 0.1) is 12.8 Å². The van der Waals surface area contributed by atoms with E-state index in [1.54, 1.807) is 22.5 Å². The van der Waals surface area contributed by atoms with E-state index in [0.717, 1.165) is 38.9 Å². The summed E-state index contributed by atoms with van der Waals surface area (Å²) in [6, 6.07) is 25.2. The van der Waals surface area contributed by atoms with E-state index in [9.17, 15) is 8.42 Å². The average Bonchev–Trinajstić information content (AvgIpc) is 3.48. The summed E-state index contributed by atoms with van der Waals surface area (Å²) in [5.74, 6) is -0.0243. The Bertz CT molecular complexity index is 1800. The maximum atomic E-state index is 14.3. The Morgan fingerprint density at radius 1 is 1.04 bits per heavy atom. The average molecular weight is 753 g/mol. The first-order chi connectivity index (χ1) is 22.3. The zero-order valence-corrected chi connectivity index (χ0v) is 29.3. The first-order valence-electron chi connectivity index (χ1n) is 15.7. The van der Waals surface area contributed by atoms with Gasteiger partial charge in [0.1, 0.15) is 0 Å². The van der Waals surface area contributed by atoms with Gasteiger partial charge in [-0.25, -0.2) is 8.42 Å². The number of hydrogen-bond donors (Lipinski definition) is 1. The van der Waals surface area contributed by atoms with Crippen LogP contribution in [0.5, 0.6) is 0 Å². The van der Waals surface area contributed by atoms with Crippen molar-refractivity contribution in [2.24, 2.45) is 5.92 Å². The molecule has 4 aromatic rings. The molecular formula is C37H41IN2O5S. The number of nitrogens with zero attached hydrogens (tertiary/aromatic N) is 1. The van der Waals surface area contributed by atoms with Crippen LogP contribution in [0.3, 0.4) is 0 Å². The lowest BCUT2D eigenvalue weighted by molar-refractivity contribution is -0.144. The van der Waals surface area contributed by atoms with E-state index in [1.165, 1.54) is 0 Å². The molecule has 0 spiro atoms. The van der Waals surface area contributed by atoms with Crippen molar-refractivity contribution in [2.75, 3.05) is 30.8 Å². The molecule has 9 heteroatoms. The Hall–Kier alpha value is -2.80. The fourth-order valence-corrected chi connectivity index (χ4v) is 9.22. The molecule has 0 amide bonds. The van der Waals surface area contributed by atoms with Gasteiger partial charge in [-0.05, 0) is 55.5 Å². The normalized spacial score (nSPS) is 23.0. The molecule has 2 heterocycles. The van der Waals surface area contributed by atoms with Gasteiger partial charge in [0.15, 0.2) is 6.29 Å². The van der Waals surface area contributed by atoms with E-state index in [2.05, 4.69) is 64.5 Å². The molecule has 4 atom stereocenters. The molecule has 0 saturated carbocycles. The molecule has 6 rings (SSSR count). The van der Waals surface area contributed by atoms with Crippen molar-refractivity contribution in [2.45, 2.75) is 49.5 Å². The maximum Gasteiger partial charge on any atom is 0.243 e.